The molecule has 1 aromatic carbocycles. The Kier molecular flexibility index (Phi) is 4.74. The average molecular weight is 429 g/mol. The maximum Gasteiger partial charge on any atom is 0.164 e. The van der Waals surface area contributed by atoms with Crippen LogP contribution in [0, 0.1) is 0 Å². The van der Waals surface area contributed by atoms with Crippen LogP contribution in [0.15, 0.2) is 30.3 Å². The third-order valence-corrected chi connectivity index (χ3v) is 9.74. The molecule has 2 aromatic rings. The smallest absolute Gasteiger partial charge is 0.164 e. The van der Waals surface area contributed by atoms with Gasteiger partial charge in [0.1, 0.15) is 10.6 Å². The topological polar surface area (TPSA) is 98.4 Å². The van der Waals surface area contributed by atoms with Crippen molar-refractivity contribution in [2.24, 2.45) is 0 Å². The number of rotatable bonds is 5. The monoisotopic (exact) mass is 428 g/mol. The fraction of sp³-hybridized carbons (Fsp3) is 0.545. The molecule has 1 aromatic heterocycles. The zero-order valence-corrected chi connectivity index (χ0v) is 18.1. The van der Waals surface area contributed by atoms with Crippen LogP contribution in [0.3, 0.4) is 0 Å². The van der Waals surface area contributed by atoms with Crippen LogP contribution in [-0.4, -0.2) is 49.4 Å². The average Bonchev–Trinajstić information content (AvgIpc) is 3.53. The lowest BCUT2D eigenvalue weighted by Crippen LogP contribution is -2.46. The highest BCUT2D eigenvalue weighted by Crippen LogP contribution is 2.53. The highest BCUT2D eigenvalue weighted by molar-refractivity contribution is 7.93. The number of morpholine rings is 1. The van der Waals surface area contributed by atoms with Gasteiger partial charge < -0.3 is 15.4 Å². The van der Waals surface area contributed by atoms with Crippen LogP contribution < -0.4 is 10.6 Å². The summed E-state index contributed by atoms with van der Waals surface area (Å²) in [4.78, 5) is 11.9. The van der Waals surface area contributed by atoms with Crippen LogP contribution in [0.4, 0.5) is 11.5 Å². The second kappa shape index (κ2) is 7.20. The van der Waals surface area contributed by atoms with Crippen molar-refractivity contribution in [3.8, 4) is 11.4 Å². The van der Waals surface area contributed by atoms with Gasteiger partial charge in [-0.2, -0.15) is 0 Å². The third-order valence-electron chi connectivity index (χ3n) is 6.68. The highest BCUT2D eigenvalue weighted by Gasteiger charge is 2.57. The van der Waals surface area contributed by atoms with E-state index < -0.39 is 14.6 Å². The van der Waals surface area contributed by atoms with Crippen molar-refractivity contribution in [2.45, 2.75) is 55.1 Å². The number of anilines is 2. The number of hydrogen-bond donors (Lipinski definition) is 1. The summed E-state index contributed by atoms with van der Waals surface area (Å²) in [7, 11) is -3.26. The molecule has 30 heavy (non-hydrogen) atoms. The molecule has 2 N–H and O–H groups in total. The van der Waals surface area contributed by atoms with E-state index in [0.717, 1.165) is 37.2 Å². The molecule has 1 aliphatic heterocycles. The van der Waals surface area contributed by atoms with E-state index >= 15 is 0 Å². The predicted octanol–water partition coefficient (Wildman–Crippen LogP) is 2.91. The lowest BCUT2D eigenvalue weighted by atomic mass is 9.81. The molecule has 2 heterocycles. The van der Waals surface area contributed by atoms with Gasteiger partial charge in [-0.3, -0.25) is 0 Å². The summed E-state index contributed by atoms with van der Waals surface area (Å²) in [6, 6.07) is 9.51. The molecule has 0 radical (unpaired) electrons. The maximum atomic E-state index is 13.4. The fourth-order valence-corrected chi connectivity index (χ4v) is 7.17. The van der Waals surface area contributed by atoms with Crippen molar-refractivity contribution < 1.29 is 13.2 Å². The lowest BCUT2D eigenvalue weighted by Gasteiger charge is -2.41. The molecule has 0 spiro atoms. The van der Waals surface area contributed by atoms with E-state index in [-0.39, 0.29) is 11.3 Å². The molecule has 5 rings (SSSR count). The minimum Gasteiger partial charge on any atom is -0.399 e. The van der Waals surface area contributed by atoms with E-state index in [1.54, 1.807) is 0 Å². The summed E-state index contributed by atoms with van der Waals surface area (Å²) in [5.74, 6) is 1.33. The van der Waals surface area contributed by atoms with Crippen LogP contribution in [-0.2, 0) is 19.3 Å². The Bertz CT molecular complexity index is 1050. The maximum absolute atomic E-state index is 13.4. The first kappa shape index (κ1) is 19.8. The van der Waals surface area contributed by atoms with Gasteiger partial charge in [0, 0.05) is 23.9 Å². The molecule has 0 amide bonds. The lowest BCUT2D eigenvalue weighted by molar-refractivity contribution is 0.0985. The highest BCUT2D eigenvalue weighted by atomic mass is 32.2. The molecule has 3 aliphatic rings. The van der Waals surface area contributed by atoms with Crippen LogP contribution in [0.25, 0.3) is 11.4 Å². The molecular weight excluding hydrogens is 400 g/mol. The zero-order valence-electron chi connectivity index (χ0n) is 17.3. The molecule has 7 nitrogen and oxygen atoms in total. The molecule has 8 heteroatoms. The molecular formula is C22H28N4O3S. The van der Waals surface area contributed by atoms with Gasteiger partial charge in [0.15, 0.2) is 15.7 Å². The zero-order chi connectivity index (χ0) is 20.9. The molecule has 1 unspecified atom stereocenters. The second-order valence-corrected chi connectivity index (χ2v) is 11.3. The normalized spacial score (nSPS) is 23.8. The van der Waals surface area contributed by atoms with Gasteiger partial charge in [0.25, 0.3) is 0 Å². The van der Waals surface area contributed by atoms with Gasteiger partial charge in [0.05, 0.1) is 30.2 Å². The Hall–Kier alpha value is -2.19. The Labute approximate surface area is 177 Å². The minimum atomic E-state index is -3.26. The van der Waals surface area contributed by atoms with E-state index in [1.807, 2.05) is 30.3 Å². The van der Waals surface area contributed by atoms with E-state index in [0.29, 0.717) is 43.3 Å². The molecule has 2 saturated carbocycles. The van der Waals surface area contributed by atoms with Crippen LogP contribution >= 0.6 is 0 Å². The van der Waals surface area contributed by atoms with E-state index in [9.17, 15) is 8.42 Å². The van der Waals surface area contributed by atoms with Crippen LogP contribution in [0.2, 0.25) is 0 Å². The third kappa shape index (κ3) is 3.17. The summed E-state index contributed by atoms with van der Waals surface area (Å²) in [6.45, 7) is 4.08. The first-order valence-corrected chi connectivity index (χ1v) is 12.3. The number of nitrogens with zero attached hydrogens (tertiary/aromatic N) is 3. The molecule has 2 aliphatic carbocycles. The quantitative estimate of drug-likeness (QED) is 0.731. The molecule has 1 atom stereocenters. The fourth-order valence-electron chi connectivity index (χ4n) is 4.53. The first-order valence-electron chi connectivity index (χ1n) is 10.7. The van der Waals surface area contributed by atoms with Crippen molar-refractivity contribution in [3.05, 3.63) is 36.0 Å². The van der Waals surface area contributed by atoms with E-state index in [1.165, 1.54) is 0 Å². The van der Waals surface area contributed by atoms with Crippen molar-refractivity contribution in [2.75, 3.05) is 30.4 Å². The minimum absolute atomic E-state index is 0.165. The van der Waals surface area contributed by atoms with Gasteiger partial charge in [0.2, 0.25) is 0 Å². The van der Waals surface area contributed by atoms with Crippen LogP contribution in [0.1, 0.15) is 44.7 Å². The predicted molar refractivity (Wildman–Crippen MR) is 117 cm³/mol. The van der Waals surface area contributed by atoms with Crippen molar-refractivity contribution in [1.29, 1.82) is 0 Å². The van der Waals surface area contributed by atoms with Gasteiger partial charge >= 0.3 is 0 Å². The van der Waals surface area contributed by atoms with Crippen molar-refractivity contribution in [3.63, 3.8) is 0 Å². The Balaban J connectivity index is 1.65. The Morgan fingerprint density at radius 2 is 1.90 bits per heavy atom. The summed E-state index contributed by atoms with van der Waals surface area (Å²) in [6.07, 6.45) is 3.74. The number of sulfone groups is 1. The standard InChI is InChI=1S/C22H28N4O3S/c1-15-14-29-12-11-26(15)20-13-19(22(9-2-10-22)30(27,28)18-7-8-18)24-21(25-20)16-3-5-17(23)6-4-16/h3-6,13,15,18H,2,7-12,14,23H2,1H3. The molecule has 1 saturated heterocycles. The second-order valence-electron chi connectivity index (χ2n) is 8.77. The van der Waals surface area contributed by atoms with Gasteiger partial charge in [-0.05, 0) is 63.3 Å². The number of ether oxygens (including phenoxy) is 1. The largest absolute Gasteiger partial charge is 0.399 e. The van der Waals surface area contributed by atoms with E-state index in [2.05, 4.69) is 11.8 Å². The van der Waals surface area contributed by atoms with E-state index in [4.69, 9.17) is 20.4 Å². The van der Waals surface area contributed by atoms with Gasteiger partial charge in [-0.25, -0.2) is 18.4 Å². The van der Waals surface area contributed by atoms with Gasteiger partial charge in [-0.15, -0.1) is 0 Å². The van der Waals surface area contributed by atoms with Gasteiger partial charge in [-0.1, -0.05) is 0 Å². The van der Waals surface area contributed by atoms with Crippen LogP contribution in [0.5, 0.6) is 0 Å². The SMILES string of the molecule is CC1COCCN1c1cc(C2(S(=O)(=O)C3CC3)CCC2)nc(-c2ccc(N)cc2)n1. The van der Waals surface area contributed by atoms with Crippen molar-refractivity contribution in [1.82, 2.24) is 9.97 Å². The number of benzene rings is 1. The summed E-state index contributed by atoms with van der Waals surface area (Å²) in [5, 5.41) is -0.210. The molecule has 160 valence electrons. The first-order chi connectivity index (χ1) is 14.4. The number of aromatic nitrogens is 2. The number of nitrogen functional groups attached to an aromatic ring is 1. The number of hydrogen-bond acceptors (Lipinski definition) is 7. The molecule has 0 bridgehead atoms. The summed E-state index contributed by atoms with van der Waals surface area (Å²) >= 11 is 0. The summed E-state index contributed by atoms with van der Waals surface area (Å²) in [5.41, 5.74) is 8.01. The number of nitrogens with two attached hydrogens (primary N) is 1. The molecule has 3 fully saturated rings. The Morgan fingerprint density at radius 1 is 1.17 bits per heavy atom. The Morgan fingerprint density at radius 3 is 2.50 bits per heavy atom. The summed E-state index contributed by atoms with van der Waals surface area (Å²) < 4.78 is 31.6. The van der Waals surface area contributed by atoms with Crippen molar-refractivity contribution >= 4 is 21.3 Å².